The van der Waals surface area contributed by atoms with E-state index in [0.29, 0.717) is 10.7 Å². The van der Waals surface area contributed by atoms with E-state index in [0.717, 1.165) is 42.0 Å². The van der Waals surface area contributed by atoms with Crippen LogP contribution in [0.25, 0.3) is 11.4 Å². The Kier molecular flexibility index (Phi) is 7.13. The smallest absolute Gasteiger partial charge is 0.435 e. The van der Waals surface area contributed by atoms with Crippen molar-refractivity contribution < 1.29 is 36.3 Å². The Bertz CT molecular complexity index is 1700. The average Bonchev–Trinajstić information content (AvgIpc) is 3.36. The summed E-state index contributed by atoms with van der Waals surface area (Å²) in [6.45, 7) is 0. The summed E-state index contributed by atoms with van der Waals surface area (Å²) in [5.74, 6) is -6.78. The number of nitrogens with zero attached hydrogens (tertiary/aromatic N) is 4. The molecule has 0 saturated carbocycles. The standard InChI is InChI=1S/C26H15F5N4O4/c1-39-25(38)23(17-7-5-15(11-19(17)28)34-9-3-2-4-22(34)36)24(37)20-12-21(26(29,30)31)33-35(20)16-6-8-18(27)14(10-16)13-32/h2-12,23H,1H3. The molecule has 198 valence electrons. The molecular formula is C26H15F5N4O4. The third kappa shape index (κ3) is 5.17. The van der Waals surface area contributed by atoms with Gasteiger partial charge in [0.25, 0.3) is 5.56 Å². The average molecular weight is 542 g/mol. The molecule has 2 aromatic heterocycles. The maximum absolute atomic E-state index is 15.3. The number of ether oxygens (including phenoxy) is 1. The van der Waals surface area contributed by atoms with Crippen LogP contribution in [0.4, 0.5) is 22.0 Å². The highest BCUT2D eigenvalue weighted by Gasteiger charge is 2.40. The molecule has 0 amide bonds. The maximum atomic E-state index is 15.3. The number of nitriles is 1. The summed E-state index contributed by atoms with van der Waals surface area (Å²) in [6, 6.07) is 11.8. The molecule has 0 aliphatic rings. The summed E-state index contributed by atoms with van der Waals surface area (Å²) in [6.07, 6.45) is -3.68. The number of carbonyl (C=O) groups is 2. The Balaban J connectivity index is 1.87. The molecule has 0 aliphatic carbocycles. The van der Waals surface area contributed by atoms with Crippen molar-refractivity contribution >= 4 is 11.8 Å². The minimum Gasteiger partial charge on any atom is -0.468 e. The fourth-order valence-electron chi connectivity index (χ4n) is 3.80. The van der Waals surface area contributed by atoms with E-state index in [4.69, 9.17) is 5.26 Å². The van der Waals surface area contributed by atoms with Gasteiger partial charge in [0.15, 0.2) is 11.5 Å². The van der Waals surface area contributed by atoms with Crippen LogP contribution in [-0.4, -0.2) is 33.2 Å². The lowest BCUT2D eigenvalue weighted by Gasteiger charge is -2.17. The van der Waals surface area contributed by atoms with Crippen molar-refractivity contribution in [2.45, 2.75) is 12.1 Å². The third-order valence-electron chi connectivity index (χ3n) is 5.66. The lowest BCUT2D eigenvalue weighted by molar-refractivity contribution is -0.142. The summed E-state index contributed by atoms with van der Waals surface area (Å²) < 4.78 is 76.0. The van der Waals surface area contributed by atoms with Gasteiger partial charge < -0.3 is 4.74 Å². The van der Waals surface area contributed by atoms with Gasteiger partial charge in [0.2, 0.25) is 0 Å². The van der Waals surface area contributed by atoms with Crippen molar-refractivity contribution in [1.29, 1.82) is 5.26 Å². The number of aromatic nitrogens is 3. The molecule has 4 aromatic rings. The monoisotopic (exact) mass is 542 g/mol. The molecule has 39 heavy (non-hydrogen) atoms. The van der Waals surface area contributed by atoms with Crippen LogP contribution in [0, 0.1) is 23.0 Å². The second-order valence-electron chi connectivity index (χ2n) is 8.04. The van der Waals surface area contributed by atoms with Crippen LogP contribution < -0.4 is 5.56 Å². The molecule has 8 nitrogen and oxygen atoms in total. The first-order valence-corrected chi connectivity index (χ1v) is 10.9. The predicted molar refractivity (Wildman–Crippen MR) is 124 cm³/mol. The molecule has 0 aliphatic heterocycles. The zero-order valence-electron chi connectivity index (χ0n) is 19.7. The van der Waals surface area contributed by atoms with Gasteiger partial charge in [0, 0.05) is 23.9 Å². The first-order valence-electron chi connectivity index (χ1n) is 10.9. The second-order valence-corrected chi connectivity index (χ2v) is 8.04. The van der Waals surface area contributed by atoms with Gasteiger partial charge in [0.1, 0.15) is 29.3 Å². The Morgan fingerprint density at radius 3 is 2.33 bits per heavy atom. The number of ketones is 1. The highest BCUT2D eigenvalue weighted by molar-refractivity contribution is 6.12. The van der Waals surface area contributed by atoms with Gasteiger partial charge in [-0.3, -0.25) is 19.0 Å². The molecule has 4 rings (SSSR count). The molecule has 0 N–H and O–H groups in total. The number of halogens is 5. The van der Waals surface area contributed by atoms with Crippen molar-refractivity contribution in [2.75, 3.05) is 7.11 Å². The van der Waals surface area contributed by atoms with E-state index < -0.39 is 63.6 Å². The number of alkyl halides is 3. The molecule has 0 bridgehead atoms. The largest absolute Gasteiger partial charge is 0.468 e. The molecule has 13 heteroatoms. The van der Waals surface area contributed by atoms with Gasteiger partial charge >= 0.3 is 12.1 Å². The molecule has 1 atom stereocenters. The van der Waals surface area contributed by atoms with Crippen LogP contribution >= 0.6 is 0 Å². The Labute approximate surface area is 216 Å². The van der Waals surface area contributed by atoms with Gasteiger partial charge in [-0.25, -0.2) is 13.5 Å². The van der Waals surface area contributed by atoms with Crippen LogP contribution in [0.2, 0.25) is 0 Å². The van der Waals surface area contributed by atoms with Gasteiger partial charge in [-0.15, -0.1) is 0 Å². The van der Waals surface area contributed by atoms with Crippen molar-refractivity contribution in [1.82, 2.24) is 14.3 Å². The summed E-state index contributed by atoms with van der Waals surface area (Å²) in [7, 11) is 0.899. The normalized spacial score (nSPS) is 12.0. The van der Waals surface area contributed by atoms with E-state index in [-0.39, 0.29) is 11.4 Å². The number of esters is 1. The summed E-state index contributed by atoms with van der Waals surface area (Å²) in [4.78, 5) is 38.3. The van der Waals surface area contributed by atoms with Crippen molar-refractivity contribution in [2.24, 2.45) is 0 Å². The molecule has 2 heterocycles. The molecular weight excluding hydrogens is 527 g/mol. The SMILES string of the molecule is COC(=O)C(C(=O)c1cc(C(F)(F)F)nn1-c1ccc(F)c(C#N)c1)c1ccc(-n2ccccc2=O)cc1F. The van der Waals surface area contributed by atoms with Gasteiger partial charge in [-0.1, -0.05) is 12.1 Å². The Morgan fingerprint density at radius 1 is 1.00 bits per heavy atom. The van der Waals surface area contributed by atoms with E-state index in [1.54, 1.807) is 0 Å². The summed E-state index contributed by atoms with van der Waals surface area (Å²) in [5, 5.41) is 12.5. The molecule has 1 unspecified atom stereocenters. The van der Waals surface area contributed by atoms with E-state index in [1.807, 2.05) is 0 Å². The van der Waals surface area contributed by atoms with Crippen LogP contribution in [-0.2, 0) is 15.7 Å². The molecule has 0 spiro atoms. The van der Waals surface area contributed by atoms with Crippen LogP contribution in [0.1, 0.15) is 33.2 Å². The van der Waals surface area contributed by atoms with Gasteiger partial charge in [0.05, 0.1) is 24.0 Å². The maximum Gasteiger partial charge on any atom is 0.435 e. The highest BCUT2D eigenvalue weighted by Crippen LogP contribution is 2.33. The van der Waals surface area contributed by atoms with E-state index in [9.17, 15) is 31.9 Å². The number of methoxy groups -OCH3 is 1. The van der Waals surface area contributed by atoms with E-state index in [1.165, 1.54) is 36.5 Å². The first-order chi connectivity index (χ1) is 18.5. The second kappa shape index (κ2) is 10.3. The van der Waals surface area contributed by atoms with Crippen LogP contribution in [0.3, 0.4) is 0 Å². The summed E-state index contributed by atoms with van der Waals surface area (Å²) >= 11 is 0. The molecule has 2 aromatic carbocycles. The van der Waals surface area contributed by atoms with Crippen molar-refractivity contribution in [3.63, 3.8) is 0 Å². The Morgan fingerprint density at radius 2 is 1.72 bits per heavy atom. The lowest BCUT2D eigenvalue weighted by Crippen LogP contribution is -2.26. The number of Topliss-reactive ketones (excluding diaryl/α,β-unsaturated/α-hetero) is 1. The van der Waals surface area contributed by atoms with Crippen molar-refractivity contribution in [3.8, 4) is 17.4 Å². The third-order valence-corrected chi connectivity index (χ3v) is 5.66. The van der Waals surface area contributed by atoms with E-state index >= 15 is 4.39 Å². The lowest BCUT2D eigenvalue weighted by atomic mass is 9.92. The zero-order valence-corrected chi connectivity index (χ0v) is 19.7. The molecule has 0 saturated heterocycles. The number of pyridine rings is 1. The van der Waals surface area contributed by atoms with Crippen molar-refractivity contribution in [3.05, 3.63) is 111 Å². The number of rotatable bonds is 6. The van der Waals surface area contributed by atoms with Gasteiger partial charge in [-0.2, -0.15) is 23.5 Å². The van der Waals surface area contributed by atoms with Crippen LogP contribution in [0.5, 0.6) is 0 Å². The number of benzene rings is 2. The van der Waals surface area contributed by atoms with E-state index in [2.05, 4.69) is 9.84 Å². The number of hydrogen-bond acceptors (Lipinski definition) is 6. The summed E-state index contributed by atoms with van der Waals surface area (Å²) in [5.41, 5.74) is -4.17. The minimum absolute atomic E-state index is 0.0534. The fraction of sp³-hybridized carbons (Fsp3) is 0.115. The first kappa shape index (κ1) is 26.9. The number of hydrogen-bond donors (Lipinski definition) is 0. The molecule has 0 fully saturated rings. The van der Waals surface area contributed by atoms with Gasteiger partial charge in [-0.05, 0) is 36.4 Å². The number of carbonyl (C=O) groups excluding carboxylic acids is 2. The quantitative estimate of drug-likeness (QED) is 0.155. The Hall–Kier alpha value is -5.12. The zero-order chi connectivity index (χ0) is 28.5. The topological polar surface area (TPSA) is 107 Å². The van der Waals surface area contributed by atoms with Crippen LogP contribution in [0.15, 0.2) is 71.7 Å². The fourth-order valence-corrected chi connectivity index (χ4v) is 3.80. The predicted octanol–water partition coefficient (Wildman–Crippen LogP) is 4.33. The minimum atomic E-state index is -5.03. The molecule has 0 radical (unpaired) electrons. The highest BCUT2D eigenvalue weighted by atomic mass is 19.4.